The molecule has 0 saturated carbocycles. The van der Waals surface area contributed by atoms with Crippen LogP contribution in [-0.2, 0) is 27.4 Å². The molecule has 7 heteroatoms. The highest BCUT2D eigenvalue weighted by atomic mass is 16.5. The van der Waals surface area contributed by atoms with E-state index in [-0.39, 0.29) is 18.7 Å². The molecule has 0 radical (unpaired) electrons. The van der Waals surface area contributed by atoms with E-state index in [0.717, 1.165) is 42.0 Å². The number of anilines is 1. The first-order valence-electron chi connectivity index (χ1n) is 13.2. The van der Waals surface area contributed by atoms with Gasteiger partial charge in [0.25, 0.3) is 0 Å². The van der Waals surface area contributed by atoms with Gasteiger partial charge in [-0.2, -0.15) is 0 Å². The molecule has 2 N–H and O–H groups in total. The van der Waals surface area contributed by atoms with Crippen molar-refractivity contribution in [1.29, 1.82) is 0 Å². The molecule has 0 saturated heterocycles. The maximum atomic E-state index is 12.3. The highest BCUT2D eigenvalue weighted by Crippen LogP contribution is 2.23. The molecule has 0 aliphatic heterocycles. The Labute approximate surface area is 230 Å². The van der Waals surface area contributed by atoms with Gasteiger partial charge in [-0.15, -0.1) is 0 Å². The number of pyridine rings is 1. The molecular formula is C32H38N2O5. The minimum Gasteiger partial charge on any atom is -0.497 e. The fourth-order valence-corrected chi connectivity index (χ4v) is 3.83. The molecule has 1 aromatic heterocycles. The number of benzene rings is 2. The monoisotopic (exact) mass is 530 g/mol. The average Bonchev–Trinajstić information content (AvgIpc) is 2.93. The van der Waals surface area contributed by atoms with Crippen molar-refractivity contribution in [2.24, 2.45) is 5.41 Å². The summed E-state index contributed by atoms with van der Waals surface area (Å²) in [5.41, 5.74) is 3.63. The molecule has 0 bridgehead atoms. The van der Waals surface area contributed by atoms with Crippen molar-refractivity contribution in [2.45, 2.75) is 52.6 Å². The number of methoxy groups -OCH3 is 1. The topological polar surface area (TPSA) is 97.8 Å². The Kier molecular flexibility index (Phi) is 11.3. The SMILES string of the molecule is COc1ccc(CCCCOCc2cccc(/C=C/c3cccc(NC(=O)CCC(C)(C)C(=O)O)c3)n2)cc1. The number of rotatable bonds is 15. The summed E-state index contributed by atoms with van der Waals surface area (Å²) in [6.45, 7) is 4.39. The number of hydrogen-bond acceptors (Lipinski definition) is 5. The molecule has 39 heavy (non-hydrogen) atoms. The Morgan fingerprint density at radius 2 is 1.77 bits per heavy atom. The maximum Gasteiger partial charge on any atom is 0.309 e. The van der Waals surface area contributed by atoms with Crippen molar-refractivity contribution in [2.75, 3.05) is 19.0 Å². The van der Waals surface area contributed by atoms with E-state index in [1.807, 2.05) is 66.7 Å². The molecule has 0 aliphatic carbocycles. The van der Waals surface area contributed by atoms with Gasteiger partial charge in [0.15, 0.2) is 0 Å². The number of nitrogens with zero attached hydrogens (tertiary/aromatic N) is 1. The summed E-state index contributed by atoms with van der Waals surface area (Å²) in [7, 11) is 1.67. The van der Waals surface area contributed by atoms with Gasteiger partial charge in [0, 0.05) is 18.7 Å². The van der Waals surface area contributed by atoms with Gasteiger partial charge in [0.1, 0.15) is 5.75 Å². The first-order valence-corrected chi connectivity index (χ1v) is 13.2. The van der Waals surface area contributed by atoms with E-state index in [4.69, 9.17) is 9.47 Å². The van der Waals surface area contributed by atoms with E-state index < -0.39 is 11.4 Å². The number of amides is 1. The average molecular weight is 531 g/mol. The first kappa shape index (κ1) is 29.6. The van der Waals surface area contributed by atoms with Gasteiger partial charge in [-0.05, 0) is 93.1 Å². The molecule has 3 aromatic rings. The summed E-state index contributed by atoms with van der Waals surface area (Å²) >= 11 is 0. The standard InChI is InChI=1S/C32H38N2O5/c1-32(2,31(36)37)20-19-30(35)34-27-11-6-9-25(22-27)13-16-26-10-7-12-28(33-26)23-39-21-5-4-8-24-14-17-29(38-3)18-15-24/h6-7,9-18,22H,4-5,8,19-21,23H2,1-3H3,(H,34,35)(H,36,37)/b16-13+. The van der Waals surface area contributed by atoms with Gasteiger partial charge in [0.2, 0.25) is 5.91 Å². The Morgan fingerprint density at radius 3 is 2.51 bits per heavy atom. The number of carbonyl (C=O) groups is 2. The smallest absolute Gasteiger partial charge is 0.309 e. The van der Waals surface area contributed by atoms with Crippen molar-refractivity contribution in [3.63, 3.8) is 0 Å². The summed E-state index contributed by atoms with van der Waals surface area (Å²) < 4.78 is 11.0. The van der Waals surface area contributed by atoms with E-state index >= 15 is 0 Å². The van der Waals surface area contributed by atoms with Crippen LogP contribution in [0.1, 0.15) is 62.0 Å². The van der Waals surface area contributed by atoms with Crippen LogP contribution in [0.25, 0.3) is 12.2 Å². The van der Waals surface area contributed by atoms with Crippen molar-refractivity contribution in [3.8, 4) is 5.75 Å². The number of aliphatic carboxylic acids is 1. The summed E-state index contributed by atoms with van der Waals surface area (Å²) in [6.07, 6.45) is 7.33. The van der Waals surface area contributed by atoms with Gasteiger partial charge in [-0.25, -0.2) is 0 Å². The van der Waals surface area contributed by atoms with Crippen molar-refractivity contribution in [3.05, 3.63) is 89.2 Å². The van der Waals surface area contributed by atoms with Crippen molar-refractivity contribution >= 4 is 29.7 Å². The quantitative estimate of drug-likeness (QED) is 0.214. The Bertz CT molecular complexity index is 1250. The molecule has 0 fully saturated rings. The zero-order valence-corrected chi connectivity index (χ0v) is 23.0. The normalized spacial score (nSPS) is 11.5. The fourth-order valence-electron chi connectivity index (χ4n) is 3.83. The lowest BCUT2D eigenvalue weighted by Crippen LogP contribution is -2.25. The van der Waals surface area contributed by atoms with Crippen LogP contribution in [0.3, 0.4) is 0 Å². The Hall–Kier alpha value is -3.97. The number of hydrogen-bond donors (Lipinski definition) is 2. The van der Waals surface area contributed by atoms with Crippen molar-refractivity contribution < 1.29 is 24.2 Å². The van der Waals surface area contributed by atoms with Crippen LogP contribution in [0.2, 0.25) is 0 Å². The van der Waals surface area contributed by atoms with E-state index in [1.165, 1.54) is 5.56 Å². The number of aromatic nitrogens is 1. The van der Waals surface area contributed by atoms with E-state index in [0.29, 0.717) is 18.9 Å². The number of aryl methyl sites for hydroxylation is 1. The Morgan fingerprint density at radius 1 is 1.00 bits per heavy atom. The predicted octanol–water partition coefficient (Wildman–Crippen LogP) is 6.63. The molecule has 0 aliphatic rings. The van der Waals surface area contributed by atoms with Crippen LogP contribution in [0.5, 0.6) is 5.75 Å². The highest BCUT2D eigenvalue weighted by Gasteiger charge is 2.27. The number of carboxylic acids is 1. The molecular weight excluding hydrogens is 492 g/mol. The van der Waals surface area contributed by atoms with Gasteiger partial charge in [0.05, 0.1) is 30.5 Å². The lowest BCUT2D eigenvalue weighted by molar-refractivity contribution is -0.147. The summed E-state index contributed by atoms with van der Waals surface area (Å²) in [6, 6.07) is 21.5. The molecule has 7 nitrogen and oxygen atoms in total. The van der Waals surface area contributed by atoms with E-state index in [1.54, 1.807) is 21.0 Å². The molecule has 3 rings (SSSR count). The third-order valence-corrected chi connectivity index (χ3v) is 6.41. The second-order valence-corrected chi connectivity index (χ2v) is 10.1. The number of ether oxygens (including phenoxy) is 2. The minimum atomic E-state index is -0.938. The van der Waals surface area contributed by atoms with E-state index in [2.05, 4.69) is 22.4 Å². The Balaban J connectivity index is 1.42. The molecule has 1 heterocycles. The van der Waals surface area contributed by atoms with Crippen LogP contribution in [0, 0.1) is 5.41 Å². The third-order valence-electron chi connectivity index (χ3n) is 6.41. The second kappa shape index (κ2) is 14.8. The maximum absolute atomic E-state index is 12.3. The second-order valence-electron chi connectivity index (χ2n) is 10.1. The zero-order valence-electron chi connectivity index (χ0n) is 23.0. The summed E-state index contributed by atoms with van der Waals surface area (Å²) in [5, 5.41) is 12.1. The van der Waals surface area contributed by atoms with Crippen LogP contribution < -0.4 is 10.1 Å². The number of carbonyl (C=O) groups excluding carboxylic acids is 1. The van der Waals surface area contributed by atoms with Crippen LogP contribution in [-0.4, -0.2) is 35.7 Å². The molecule has 1 amide bonds. The molecule has 0 atom stereocenters. The van der Waals surface area contributed by atoms with Crippen LogP contribution in [0.15, 0.2) is 66.7 Å². The first-order chi connectivity index (χ1) is 18.7. The number of nitrogens with one attached hydrogen (secondary N) is 1. The highest BCUT2D eigenvalue weighted by molar-refractivity contribution is 5.91. The minimum absolute atomic E-state index is 0.140. The molecule has 206 valence electrons. The lowest BCUT2D eigenvalue weighted by atomic mass is 9.88. The molecule has 2 aromatic carbocycles. The number of carboxylic acid groups (broad SMARTS) is 1. The van der Waals surface area contributed by atoms with Gasteiger partial charge in [-0.1, -0.05) is 36.4 Å². The third kappa shape index (κ3) is 10.4. The van der Waals surface area contributed by atoms with Crippen LogP contribution in [0.4, 0.5) is 5.69 Å². The molecule has 0 spiro atoms. The summed E-state index contributed by atoms with van der Waals surface area (Å²) in [4.78, 5) is 28.2. The predicted molar refractivity (Wildman–Crippen MR) is 154 cm³/mol. The molecule has 0 unspecified atom stereocenters. The largest absolute Gasteiger partial charge is 0.497 e. The number of unbranched alkanes of at least 4 members (excludes halogenated alkanes) is 1. The summed E-state index contributed by atoms with van der Waals surface area (Å²) in [5.74, 6) is -0.243. The van der Waals surface area contributed by atoms with Crippen molar-refractivity contribution in [1.82, 2.24) is 4.98 Å². The van der Waals surface area contributed by atoms with E-state index in [9.17, 15) is 14.7 Å². The fraction of sp³-hybridized carbons (Fsp3) is 0.344. The van der Waals surface area contributed by atoms with Gasteiger partial charge >= 0.3 is 5.97 Å². The lowest BCUT2D eigenvalue weighted by Gasteiger charge is -2.18. The zero-order chi connectivity index (χ0) is 28.1. The van der Waals surface area contributed by atoms with Crippen LogP contribution >= 0.6 is 0 Å². The van der Waals surface area contributed by atoms with Gasteiger partial charge in [-0.3, -0.25) is 14.6 Å². The van der Waals surface area contributed by atoms with Gasteiger partial charge < -0.3 is 19.9 Å².